The molecule has 0 atom stereocenters. The van der Waals surface area contributed by atoms with E-state index in [9.17, 15) is 16.8 Å². The molecule has 0 N–H and O–H groups in total. The molecule has 90 valence electrons. The van der Waals surface area contributed by atoms with Crippen molar-refractivity contribution in [3.05, 3.63) is 35.9 Å². The molecule has 4 nitrogen and oxygen atoms in total. The van der Waals surface area contributed by atoms with Crippen LogP contribution in [0.1, 0.15) is 5.56 Å². The third-order valence-corrected chi connectivity index (χ3v) is 6.73. The molecule has 0 aliphatic carbocycles. The van der Waals surface area contributed by atoms with E-state index in [4.69, 9.17) is 11.6 Å². The number of hydrogen-bond acceptors (Lipinski definition) is 4. The molecule has 1 aromatic rings. The van der Waals surface area contributed by atoms with Gasteiger partial charge in [-0.3, -0.25) is 0 Å². The number of benzene rings is 1. The van der Waals surface area contributed by atoms with Crippen molar-refractivity contribution in [3.63, 3.8) is 0 Å². The highest BCUT2D eigenvalue weighted by molar-refractivity contribution is 8.08. The Labute approximate surface area is 100 Å². The van der Waals surface area contributed by atoms with E-state index in [1.165, 1.54) is 0 Å². The first-order valence-electron chi connectivity index (χ1n) is 4.35. The SMILES string of the molecule is O=S(=O)(CCl)CS(=O)(=O)Cc1ccccc1. The van der Waals surface area contributed by atoms with Gasteiger partial charge in [-0.2, -0.15) is 0 Å². The van der Waals surface area contributed by atoms with Gasteiger partial charge in [0.15, 0.2) is 24.8 Å². The van der Waals surface area contributed by atoms with E-state index in [2.05, 4.69) is 0 Å². The van der Waals surface area contributed by atoms with Crippen molar-refractivity contribution < 1.29 is 16.8 Å². The first kappa shape index (κ1) is 13.5. The van der Waals surface area contributed by atoms with Gasteiger partial charge in [-0.15, -0.1) is 11.6 Å². The summed E-state index contributed by atoms with van der Waals surface area (Å²) in [5, 5.41) is -1.58. The van der Waals surface area contributed by atoms with E-state index in [-0.39, 0.29) is 5.75 Å². The van der Waals surface area contributed by atoms with Crippen molar-refractivity contribution in [2.75, 3.05) is 10.3 Å². The van der Waals surface area contributed by atoms with Crippen LogP contribution in [0.15, 0.2) is 30.3 Å². The van der Waals surface area contributed by atoms with Crippen LogP contribution in [0.5, 0.6) is 0 Å². The van der Waals surface area contributed by atoms with Crippen molar-refractivity contribution in [1.82, 2.24) is 0 Å². The minimum absolute atomic E-state index is 0.288. The van der Waals surface area contributed by atoms with Crippen LogP contribution in [0, 0.1) is 0 Å². The molecule has 0 aromatic heterocycles. The van der Waals surface area contributed by atoms with Gasteiger partial charge < -0.3 is 0 Å². The summed E-state index contributed by atoms with van der Waals surface area (Å²) in [6.07, 6.45) is 0. The standard InChI is InChI=1S/C9H11ClO4S2/c10-7-16(13,14)8-15(11,12)6-9-4-2-1-3-5-9/h1-5H,6-8H2. The summed E-state index contributed by atoms with van der Waals surface area (Å²) in [5.74, 6) is -0.288. The van der Waals surface area contributed by atoms with Gasteiger partial charge in [0.05, 0.1) is 5.75 Å². The maximum Gasteiger partial charge on any atom is 0.178 e. The van der Waals surface area contributed by atoms with E-state index in [1.54, 1.807) is 30.3 Å². The Hall–Kier alpha value is -0.590. The van der Waals surface area contributed by atoms with Crippen LogP contribution >= 0.6 is 11.6 Å². The average Bonchev–Trinajstić information content (AvgIpc) is 2.17. The molecule has 0 bridgehead atoms. The highest BCUT2D eigenvalue weighted by Crippen LogP contribution is 2.09. The molecule has 0 fully saturated rings. The fourth-order valence-electron chi connectivity index (χ4n) is 1.17. The van der Waals surface area contributed by atoms with Gasteiger partial charge in [0.1, 0.15) is 5.21 Å². The predicted molar refractivity (Wildman–Crippen MR) is 63.6 cm³/mol. The topological polar surface area (TPSA) is 68.3 Å². The molecular formula is C9H11ClO4S2. The number of rotatable bonds is 5. The van der Waals surface area contributed by atoms with Gasteiger partial charge in [-0.1, -0.05) is 30.3 Å². The molecule has 0 aliphatic rings. The van der Waals surface area contributed by atoms with Crippen LogP contribution < -0.4 is 0 Å². The minimum Gasteiger partial charge on any atom is -0.227 e. The van der Waals surface area contributed by atoms with E-state index in [1.807, 2.05) is 0 Å². The molecule has 0 saturated carbocycles. The van der Waals surface area contributed by atoms with Crippen molar-refractivity contribution in [3.8, 4) is 0 Å². The summed E-state index contributed by atoms with van der Waals surface area (Å²) in [6, 6.07) is 8.41. The van der Waals surface area contributed by atoms with Crippen molar-refractivity contribution in [1.29, 1.82) is 0 Å². The minimum atomic E-state index is -3.72. The zero-order valence-corrected chi connectivity index (χ0v) is 10.7. The molecule has 1 aromatic carbocycles. The summed E-state index contributed by atoms with van der Waals surface area (Å²) in [7, 11) is -7.40. The van der Waals surface area contributed by atoms with Crippen molar-refractivity contribution >= 4 is 31.3 Å². The Morgan fingerprint density at radius 2 is 1.50 bits per heavy atom. The fourth-order valence-corrected chi connectivity index (χ4v) is 5.22. The maximum atomic E-state index is 11.5. The number of hydrogen-bond donors (Lipinski definition) is 0. The molecule has 0 heterocycles. The van der Waals surface area contributed by atoms with Crippen LogP contribution in [0.4, 0.5) is 0 Å². The first-order chi connectivity index (χ1) is 7.35. The average molecular weight is 283 g/mol. The Morgan fingerprint density at radius 1 is 0.938 bits per heavy atom. The molecular weight excluding hydrogens is 272 g/mol. The number of alkyl halides is 1. The number of halogens is 1. The second-order valence-corrected chi connectivity index (χ2v) is 8.42. The van der Waals surface area contributed by atoms with Crippen LogP contribution in [0.3, 0.4) is 0 Å². The van der Waals surface area contributed by atoms with Gasteiger partial charge >= 0.3 is 0 Å². The first-order valence-corrected chi connectivity index (χ1v) is 8.53. The zero-order chi connectivity index (χ0) is 12.2. The van der Waals surface area contributed by atoms with E-state index in [0.29, 0.717) is 5.56 Å². The highest BCUT2D eigenvalue weighted by Gasteiger charge is 2.21. The third-order valence-electron chi connectivity index (χ3n) is 1.75. The molecule has 1 rings (SSSR count). The molecule has 7 heteroatoms. The van der Waals surface area contributed by atoms with Gasteiger partial charge in [0, 0.05) is 0 Å². The Bertz CT molecular complexity index is 534. The molecule has 16 heavy (non-hydrogen) atoms. The van der Waals surface area contributed by atoms with Gasteiger partial charge in [0.25, 0.3) is 0 Å². The summed E-state index contributed by atoms with van der Waals surface area (Å²) >= 11 is 5.15. The lowest BCUT2D eigenvalue weighted by molar-refractivity contribution is 0.590. The van der Waals surface area contributed by atoms with Crippen LogP contribution in [0.25, 0.3) is 0 Å². The van der Waals surface area contributed by atoms with Crippen molar-refractivity contribution in [2.24, 2.45) is 0 Å². The van der Waals surface area contributed by atoms with Crippen molar-refractivity contribution in [2.45, 2.75) is 5.75 Å². The molecule has 0 saturated heterocycles. The number of sulfone groups is 2. The normalized spacial score (nSPS) is 12.6. The second kappa shape index (κ2) is 5.16. The van der Waals surface area contributed by atoms with Gasteiger partial charge in [-0.05, 0) is 5.56 Å². The summed E-state index contributed by atoms with van der Waals surface area (Å²) in [6.45, 7) is 0. The summed E-state index contributed by atoms with van der Waals surface area (Å²) in [4.78, 5) is 0. The van der Waals surface area contributed by atoms with E-state index >= 15 is 0 Å². The quantitative estimate of drug-likeness (QED) is 0.760. The Morgan fingerprint density at radius 3 is 2.00 bits per heavy atom. The largest absolute Gasteiger partial charge is 0.227 e. The Kier molecular flexibility index (Phi) is 4.35. The lowest BCUT2D eigenvalue weighted by atomic mass is 10.2. The molecule has 0 spiro atoms. The lowest BCUT2D eigenvalue weighted by Crippen LogP contribution is -2.18. The predicted octanol–water partition coefficient (Wildman–Crippen LogP) is 1.17. The smallest absolute Gasteiger partial charge is 0.178 e. The maximum absolute atomic E-state index is 11.5. The fraction of sp³-hybridized carbons (Fsp3) is 0.333. The van der Waals surface area contributed by atoms with Gasteiger partial charge in [-0.25, -0.2) is 16.8 Å². The monoisotopic (exact) mass is 282 g/mol. The second-order valence-electron chi connectivity index (χ2n) is 3.34. The zero-order valence-electron chi connectivity index (χ0n) is 8.34. The van der Waals surface area contributed by atoms with Crippen LogP contribution in [-0.4, -0.2) is 27.1 Å². The molecule has 0 unspecified atom stereocenters. The molecule has 0 amide bonds. The third kappa shape index (κ3) is 4.51. The molecule has 0 aliphatic heterocycles. The lowest BCUT2D eigenvalue weighted by Gasteiger charge is -2.03. The Balaban J connectivity index is 2.82. The van der Waals surface area contributed by atoms with E-state index in [0.717, 1.165) is 0 Å². The summed E-state index contributed by atoms with van der Waals surface area (Å²) < 4.78 is 45.3. The van der Waals surface area contributed by atoms with Gasteiger partial charge in [0.2, 0.25) is 0 Å². The highest BCUT2D eigenvalue weighted by atomic mass is 35.5. The van der Waals surface area contributed by atoms with E-state index < -0.39 is 30.0 Å². The van der Waals surface area contributed by atoms with Crippen LogP contribution in [0.2, 0.25) is 0 Å². The summed E-state index contributed by atoms with van der Waals surface area (Å²) in [5.41, 5.74) is 0.562. The molecule has 0 radical (unpaired) electrons. The van der Waals surface area contributed by atoms with Crippen LogP contribution in [-0.2, 0) is 25.4 Å².